The van der Waals surface area contributed by atoms with Gasteiger partial charge in [-0.2, -0.15) is 0 Å². The predicted octanol–water partition coefficient (Wildman–Crippen LogP) is 3.73. The highest BCUT2D eigenvalue weighted by Crippen LogP contribution is 2.40. The molecule has 4 heteroatoms. The molecule has 0 amide bonds. The molecule has 3 atom stereocenters. The molecule has 0 heterocycles. The van der Waals surface area contributed by atoms with Gasteiger partial charge in [-0.15, -0.1) is 0 Å². The van der Waals surface area contributed by atoms with Crippen molar-refractivity contribution in [3.05, 3.63) is 64.7 Å². The highest BCUT2D eigenvalue weighted by atomic mass is 16.5. The first-order chi connectivity index (χ1) is 13.6. The number of aryl methyl sites for hydroxylation is 1. The summed E-state index contributed by atoms with van der Waals surface area (Å²) in [7, 11) is 1.69. The molecule has 4 nitrogen and oxygen atoms in total. The average Bonchev–Trinajstić information content (AvgIpc) is 3.14. The number of benzene rings is 2. The van der Waals surface area contributed by atoms with Crippen LogP contribution in [0, 0.1) is 0 Å². The standard InChI is InChI=1S/C24H31NO3/c1-27-22-4-2-3-17(11-22)15-28-23-8-7-18-12-19(5-6-20(18)13-23)21-9-10-24(25,14-21)16-26/h2-6,11-12,21,23,26H,7-10,13-16,25H2,1H3/t21-,23?,24+/m0/s1. The van der Waals surface area contributed by atoms with E-state index >= 15 is 0 Å². The van der Waals surface area contributed by atoms with Crippen LogP contribution in [-0.4, -0.2) is 30.5 Å². The minimum Gasteiger partial charge on any atom is -0.497 e. The van der Waals surface area contributed by atoms with E-state index in [0.717, 1.165) is 49.8 Å². The van der Waals surface area contributed by atoms with Gasteiger partial charge in [0.2, 0.25) is 0 Å². The first-order valence-electron chi connectivity index (χ1n) is 10.3. The molecule has 0 spiro atoms. The van der Waals surface area contributed by atoms with Gasteiger partial charge in [-0.1, -0.05) is 30.3 Å². The fraction of sp³-hybridized carbons (Fsp3) is 0.500. The molecule has 0 radical (unpaired) electrons. The zero-order chi connectivity index (χ0) is 19.6. The molecule has 1 saturated carbocycles. The Bertz CT molecular complexity index is 821. The number of aliphatic hydroxyl groups excluding tert-OH is 1. The lowest BCUT2D eigenvalue weighted by atomic mass is 9.85. The van der Waals surface area contributed by atoms with Gasteiger partial charge in [0.25, 0.3) is 0 Å². The molecule has 2 aliphatic rings. The topological polar surface area (TPSA) is 64.7 Å². The number of methoxy groups -OCH3 is 1. The van der Waals surface area contributed by atoms with E-state index in [1.807, 2.05) is 18.2 Å². The number of fused-ring (bicyclic) bond motifs is 1. The lowest BCUT2D eigenvalue weighted by Gasteiger charge is -2.26. The first kappa shape index (κ1) is 19.4. The largest absolute Gasteiger partial charge is 0.497 e. The summed E-state index contributed by atoms with van der Waals surface area (Å²) in [6, 6.07) is 15.0. The van der Waals surface area contributed by atoms with Crippen LogP contribution in [0.1, 0.15) is 53.9 Å². The molecule has 2 aromatic rings. The maximum Gasteiger partial charge on any atom is 0.119 e. The molecule has 0 bridgehead atoms. The van der Waals surface area contributed by atoms with Crippen LogP contribution >= 0.6 is 0 Å². The minimum absolute atomic E-state index is 0.0841. The van der Waals surface area contributed by atoms with Crippen LogP contribution < -0.4 is 10.5 Å². The van der Waals surface area contributed by atoms with Crippen LogP contribution in [0.25, 0.3) is 0 Å². The number of hydrogen-bond donors (Lipinski definition) is 2. The van der Waals surface area contributed by atoms with E-state index in [0.29, 0.717) is 12.5 Å². The second kappa shape index (κ2) is 8.24. The summed E-state index contributed by atoms with van der Waals surface area (Å²) in [5.74, 6) is 1.35. The lowest BCUT2D eigenvalue weighted by Crippen LogP contribution is -2.40. The lowest BCUT2D eigenvalue weighted by molar-refractivity contribution is 0.0318. The Morgan fingerprint density at radius 1 is 1.14 bits per heavy atom. The molecule has 150 valence electrons. The van der Waals surface area contributed by atoms with Crippen LogP contribution in [0.5, 0.6) is 5.75 Å². The van der Waals surface area contributed by atoms with Crippen molar-refractivity contribution in [2.45, 2.75) is 62.7 Å². The van der Waals surface area contributed by atoms with Crippen molar-refractivity contribution in [1.29, 1.82) is 0 Å². The van der Waals surface area contributed by atoms with Crippen LogP contribution in [0.4, 0.5) is 0 Å². The third-order valence-corrected chi connectivity index (χ3v) is 6.46. The molecule has 0 saturated heterocycles. The van der Waals surface area contributed by atoms with Gasteiger partial charge in [0.05, 0.1) is 26.4 Å². The molecule has 0 aromatic heterocycles. The third-order valence-electron chi connectivity index (χ3n) is 6.46. The van der Waals surface area contributed by atoms with E-state index in [1.54, 1.807) is 7.11 Å². The van der Waals surface area contributed by atoms with Gasteiger partial charge in [-0.3, -0.25) is 0 Å². The Kier molecular flexibility index (Phi) is 5.72. The fourth-order valence-corrected chi connectivity index (χ4v) is 4.70. The van der Waals surface area contributed by atoms with E-state index in [4.69, 9.17) is 15.2 Å². The van der Waals surface area contributed by atoms with Crippen molar-refractivity contribution >= 4 is 0 Å². The Balaban J connectivity index is 1.37. The van der Waals surface area contributed by atoms with E-state index in [2.05, 4.69) is 24.3 Å². The maximum absolute atomic E-state index is 9.53. The van der Waals surface area contributed by atoms with Gasteiger partial charge in [-0.25, -0.2) is 0 Å². The fourth-order valence-electron chi connectivity index (χ4n) is 4.70. The smallest absolute Gasteiger partial charge is 0.119 e. The number of hydrogen-bond acceptors (Lipinski definition) is 4. The van der Waals surface area contributed by atoms with E-state index in [1.165, 1.54) is 16.7 Å². The van der Waals surface area contributed by atoms with Crippen molar-refractivity contribution in [1.82, 2.24) is 0 Å². The van der Waals surface area contributed by atoms with Gasteiger partial charge in [0.1, 0.15) is 5.75 Å². The van der Waals surface area contributed by atoms with Gasteiger partial charge >= 0.3 is 0 Å². The van der Waals surface area contributed by atoms with Gasteiger partial charge in [-0.05, 0) is 78.8 Å². The molecule has 28 heavy (non-hydrogen) atoms. The van der Waals surface area contributed by atoms with Crippen LogP contribution in [0.2, 0.25) is 0 Å². The SMILES string of the molecule is COc1cccc(COC2CCc3cc([C@H]4CC[C@](N)(CO)C4)ccc3C2)c1. The second-order valence-corrected chi connectivity index (χ2v) is 8.52. The monoisotopic (exact) mass is 381 g/mol. The van der Waals surface area contributed by atoms with Crippen molar-refractivity contribution in [2.24, 2.45) is 5.73 Å². The van der Waals surface area contributed by atoms with Crippen LogP contribution in [0.15, 0.2) is 42.5 Å². The van der Waals surface area contributed by atoms with Gasteiger partial charge in [0.15, 0.2) is 0 Å². The number of nitrogens with two attached hydrogens (primary N) is 1. The molecular formula is C24H31NO3. The zero-order valence-electron chi connectivity index (χ0n) is 16.7. The van der Waals surface area contributed by atoms with Crippen LogP contribution in [0.3, 0.4) is 0 Å². The summed E-state index contributed by atoms with van der Waals surface area (Å²) >= 11 is 0. The Labute approximate surface area is 167 Å². The summed E-state index contributed by atoms with van der Waals surface area (Å²) in [5, 5.41) is 9.53. The highest BCUT2D eigenvalue weighted by molar-refractivity contribution is 5.37. The third kappa shape index (κ3) is 4.24. The summed E-state index contributed by atoms with van der Waals surface area (Å²) in [6.07, 6.45) is 6.22. The summed E-state index contributed by atoms with van der Waals surface area (Å²) in [5.41, 5.74) is 11.3. The van der Waals surface area contributed by atoms with Crippen molar-refractivity contribution < 1.29 is 14.6 Å². The first-order valence-corrected chi connectivity index (χ1v) is 10.3. The Morgan fingerprint density at radius 3 is 2.82 bits per heavy atom. The highest BCUT2D eigenvalue weighted by Gasteiger charge is 2.36. The average molecular weight is 382 g/mol. The quantitative estimate of drug-likeness (QED) is 0.800. The predicted molar refractivity (Wildman–Crippen MR) is 111 cm³/mol. The molecule has 2 aromatic carbocycles. The number of ether oxygens (including phenoxy) is 2. The minimum atomic E-state index is -0.389. The molecule has 3 N–H and O–H groups in total. The van der Waals surface area contributed by atoms with Gasteiger partial charge < -0.3 is 20.3 Å². The van der Waals surface area contributed by atoms with Crippen molar-refractivity contribution in [3.63, 3.8) is 0 Å². The van der Waals surface area contributed by atoms with Crippen molar-refractivity contribution in [2.75, 3.05) is 13.7 Å². The number of aliphatic hydroxyl groups is 1. The molecular weight excluding hydrogens is 350 g/mol. The molecule has 1 unspecified atom stereocenters. The summed E-state index contributed by atoms with van der Waals surface area (Å²) in [4.78, 5) is 0. The number of rotatable bonds is 6. The van der Waals surface area contributed by atoms with E-state index in [-0.39, 0.29) is 18.2 Å². The second-order valence-electron chi connectivity index (χ2n) is 8.52. The maximum atomic E-state index is 9.53. The molecule has 4 rings (SSSR count). The summed E-state index contributed by atoms with van der Waals surface area (Å²) < 4.78 is 11.5. The normalized spacial score (nSPS) is 26.8. The molecule has 1 fully saturated rings. The van der Waals surface area contributed by atoms with Crippen molar-refractivity contribution in [3.8, 4) is 5.75 Å². The van der Waals surface area contributed by atoms with E-state index in [9.17, 15) is 5.11 Å². The van der Waals surface area contributed by atoms with Crippen LogP contribution in [-0.2, 0) is 24.2 Å². The summed E-state index contributed by atoms with van der Waals surface area (Å²) in [6.45, 7) is 0.706. The Hall–Kier alpha value is -1.88. The van der Waals surface area contributed by atoms with Gasteiger partial charge in [0, 0.05) is 5.54 Å². The zero-order valence-corrected chi connectivity index (χ0v) is 16.7. The molecule has 2 aliphatic carbocycles. The Morgan fingerprint density at radius 2 is 2.04 bits per heavy atom. The molecule has 0 aliphatic heterocycles. The van der Waals surface area contributed by atoms with E-state index < -0.39 is 0 Å².